The Labute approximate surface area is 296 Å². The van der Waals surface area contributed by atoms with Gasteiger partial charge in [-0.2, -0.15) is 0 Å². The van der Waals surface area contributed by atoms with E-state index in [9.17, 15) is 25.5 Å². The third-order valence-electron chi connectivity index (χ3n) is 12.9. The molecule has 0 aromatic heterocycles. The van der Waals surface area contributed by atoms with Crippen molar-refractivity contribution in [1.29, 1.82) is 0 Å². The zero-order chi connectivity index (χ0) is 34.9. The van der Waals surface area contributed by atoms with Gasteiger partial charge in [0.05, 0.1) is 31.5 Å². The molecule has 2 aromatic rings. The molecule has 6 heteroatoms. The summed E-state index contributed by atoms with van der Waals surface area (Å²) < 4.78 is 5.54. The molecule has 5 N–H and O–H groups in total. The first-order valence-electron chi connectivity index (χ1n) is 19.9. The smallest absolute Gasteiger partial charge is 0.122 e. The first-order chi connectivity index (χ1) is 23.7. The van der Waals surface area contributed by atoms with Crippen LogP contribution >= 0.6 is 0 Å². The van der Waals surface area contributed by atoms with Crippen molar-refractivity contribution in [3.8, 4) is 11.5 Å². The van der Waals surface area contributed by atoms with Gasteiger partial charge in [-0.15, -0.1) is 0 Å². The highest BCUT2D eigenvalue weighted by Crippen LogP contribution is 2.49. The Morgan fingerprint density at radius 3 is 1.65 bits per heavy atom. The van der Waals surface area contributed by atoms with Crippen LogP contribution in [0.2, 0.25) is 0 Å². The summed E-state index contributed by atoms with van der Waals surface area (Å²) >= 11 is 0. The van der Waals surface area contributed by atoms with Crippen molar-refractivity contribution in [3.63, 3.8) is 0 Å². The maximum Gasteiger partial charge on any atom is 0.122 e. The number of hydrogen-bond acceptors (Lipinski definition) is 6. The lowest BCUT2D eigenvalue weighted by atomic mass is 9.73. The van der Waals surface area contributed by atoms with E-state index in [1.54, 1.807) is 13.2 Å². The molecule has 0 radical (unpaired) electrons. The van der Waals surface area contributed by atoms with E-state index in [1.807, 2.05) is 6.07 Å². The Morgan fingerprint density at radius 2 is 1.14 bits per heavy atom. The van der Waals surface area contributed by atoms with Gasteiger partial charge in [0.1, 0.15) is 11.5 Å². The number of phenolic OH excluding ortho intramolecular Hbond substituents is 1. The number of methoxy groups -OCH3 is 1. The quantitative estimate of drug-likeness (QED) is 0.122. The maximum atomic E-state index is 10.6. The normalized spacial score (nSPS) is 29.5. The van der Waals surface area contributed by atoms with Gasteiger partial charge in [-0.1, -0.05) is 76.6 Å². The number of hydrogen-bond donors (Lipinski definition) is 5. The van der Waals surface area contributed by atoms with Gasteiger partial charge in [0.2, 0.25) is 0 Å². The van der Waals surface area contributed by atoms with Gasteiger partial charge < -0.3 is 30.3 Å². The van der Waals surface area contributed by atoms with Crippen LogP contribution < -0.4 is 4.74 Å². The molecule has 6 nitrogen and oxygen atoms in total. The third kappa shape index (κ3) is 9.61. The van der Waals surface area contributed by atoms with E-state index in [0.717, 1.165) is 101 Å². The fourth-order valence-electron chi connectivity index (χ4n) is 10.1. The third-order valence-corrected chi connectivity index (χ3v) is 12.9. The van der Waals surface area contributed by atoms with E-state index in [0.29, 0.717) is 41.3 Å². The molecule has 4 aliphatic rings. The predicted molar refractivity (Wildman–Crippen MR) is 197 cm³/mol. The molecule has 0 unspecified atom stereocenters. The van der Waals surface area contributed by atoms with Crippen LogP contribution in [0.4, 0.5) is 0 Å². The number of rotatable bonds is 15. The number of benzene rings is 2. The van der Waals surface area contributed by atoms with Gasteiger partial charge in [0.25, 0.3) is 0 Å². The van der Waals surface area contributed by atoms with Crippen molar-refractivity contribution < 1.29 is 30.3 Å². The fourth-order valence-corrected chi connectivity index (χ4v) is 10.1. The Morgan fingerprint density at radius 1 is 0.653 bits per heavy atom. The number of aromatic hydroxyl groups is 1. The van der Waals surface area contributed by atoms with Crippen molar-refractivity contribution in [2.75, 3.05) is 7.11 Å². The van der Waals surface area contributed by atoms with Crippen LogP contribution in [0.3, 0.4) is 0 Å². The van der Waals surface area contributed by atoms with Gasteiger partial charge in [-0.05, 0) is 147 Å². The molecule has 0 spiro atoms. The Bertz CT molecular complexity index is 1300. The fraction of sp³-hybridized carbons (Fsp3) is 0.721. The second-order valence-electron chi connectivity index (χ2n) is 16.1. The molecule has 2 saturated carbocycles. The molecule has 0 amide bonds. The number of ether oxygens (including phenoxy) is 1. The number of unbranched alkanes of at least 4 members (excludes halogenated alkanes) is 4. The largest absolute Gasteiger partial charge is 0.508 e. The van der Waals surface area contributed by atoms with Gasteiger partial charge >= 0.3 is 0 Å². The molecule has 6 rings (SSSR count). The van der Waals surface area contributed by atoms with E-state index < -0.39 is 0 Å². The van der Waals surface area contributed by atoms with E-state index in [-0.39, 0.29) is 24.4 Å². The summed E-state index contributed by atoms with van der Waals surface area (Å²) in [6.45, 7) is 4.37. The average Bonchev–Trinajstić information content (AvgIpc) is 3.57. The lowest BCUT2D eigenvalue weighted by Crippen LogP contribution is -2.28. The van der Waals surface area contributed by atoms with Crippen LogP contribution in [0.15, 0.2) is 36.4 Å². The van der Waals surface area contributed by atoms with E-state index in [2.05, 4.69) is 38.1 Å². The average molecular weight is 679 g/mol. The van der Waals surface area contributed by atoms with Crippen LogP contribution in [0.25, 0.3) is 0 Å². The number of phenols is 1. The zero-order valence-electron chi connectivity index (χ0n) is 30.6. The summed E-state index contributed by atoms with van der Waals surface area (Å²) in [6.07, 6.45) is 17.1. The summed E-state index contributed by atoms with van der Waals surface area (Å²) in [5.74, 6) is 4.13. The SMILES string of the molecule is CCCCC[C@H](O)CC[C@@H]1[C@H]2Cc3cccc(O)c3C[C@H]2C[C@H]1O.CCCCC[C@H](O)CC[C@@H]1[C@H]2Cc3cccc(OC)c3C[C@H]2C[C@H]1O. The maximum absolute atomic E-state index is 10.6. The van der Waals surface area contributed by atoms with Crippen LogP contribution in [0.5, 0.6) is 11.5 Å². The molecule has 0 saturated heterocycles. The molecule has 0 bridgehead atoms. The lowest BCUT2D eigenvalue weighted by molar-refractivity contribution is 0.0864. The van der Waals surface area contributed by atoms with Gasteiger partial charge in [0.15, 0.2) is 0 Å². The van der Waals surface area contributed by atoms with E-state index >= 15 is 0 Å². The number of aliphatic hydroxyl groups excluding tert-OH is 4. The minimum Gasteiger partial charge on any atom is -0.508 e. The molecular weight excluding hydrogens is 612 g/mol. The summed E-state index contributed by atoms with van der Waals surface area (Å²) in [5, 5.41) is 51.7. The summed E-state index contributed by atoms with van der Waals surface area (Å²) in [6, 6.07) is 12.2. The van der Waals surface area contributed by atoms with Gasteiger partial charge in [-0.3, -0.25) is 0 Å². The Kier molecular flexibility index (Phi) is 14.3. The topological polar surface area (TPSA) is 110 Å². The monoisotopic (exact) mass is 678 g/mol. The molecule has 2 aromatic carbocycles. The second-order valence-corrected chi connectivity index (χ2v) is 16.1. The van der Waals surface area contributed by atoms with E-state index in [1.165, 1.54) is 42.4 Å². The van der Waals surface area contributed by atoms with Crippen molar-refractivity contribution in [1.82, 2.24) is 0 Å². The highest BCUT2D eigenvalue weighted by atomic mass is 16.5. The highest BCUT2D eigenvalue weighted by molar-refractivity contribution is 5.43. The molecule has 2 fully saturated rings. The van der Waals surface area contributed by atoms with Gasteiger partial charge in [0, 0.05) is 0 Å². The molecule has 49 heavy (non-hydrogen) atoms. The zero-order valence-corrected chi connectivity index (χ0v) is 30.6. The first-order valence-corrected chi connectivity index (χ1v) is 19.9. The molecule has 4 aliphatic carbocycles. The minimum atomic E-state index is -0.251. The number of fused-ring (bicyclic) bond motifs is 4. The van der Waals surface area contributed by atoms with E-state index in [4.69, 9.17) is 4.74 Å². The molecule has 0 heterocycles. The molecule has 10 atom stereocenters. The first kappa shape index (κ1) is 38.1. The standard InChI is InChI=1S/C22H34O3.C21H32O3/c1-3-4-5-8-17(23)10-11-18-19-12-15-7-6-9-22(25-2)20(15)13-16(19)14-21(18)24;1-2-3-4-7-16(22)9-10-17-18-11-14-6-5-8-20(23)19(14)12-15(18)13-21(17)24/h6-7,9,16-19,21,23-24H,3-5,8,10-14H2,1-2H3;5-6,8,15-18,21-24H,2-4,7,9-13H2,1H3/t16-,17-,18+,19-,21+;15-,16-,17+,18-,21+/m00/s1. The molecule has 0 aliphatic heterocycles. The lowest BCUT2D eigenvalue weighted by Gasteiger charge is -2.32. The number of aliphatic hydroxyl groups is 4. The van der Waals surface area contributed by atoms with Crippen molar-refractivity contribution >= 4 is 0 Å². The summed E-state index contributed by atoms with van der Waals surface area (Å²) in [4.78, 5) is 0. The molecular formula is C43H66O6. The van der Waals surface area contributed by atoms with Crippen LogP contribution in [-0.4, -0.2) is 57.1 Å². The second kappa shape index (κ2) is 18.4. The minimum absolute atomic E-state index is 0.200. The van der Waals surface area contributed by atoms with Crippen LogP contribution in [-0.2, 0) is 25.7 Å². The Hall–Kier alpha value is -2.12. The highest BCUT2D eigenvalue weighted by Gasteiger charge is 2.46. The van der Waals surface area contributed by atoms with Crippen LogP contribution in [0.1, 0.15) is 126 Å². The Balaban J connectivity index is 0.000000191. The van der Waals surface area contributed by atoms with Crippen LogP contribution in [0, 0.1) is 35.5 Å². The summed E-state index contributed by atoms with van der Waals surface area (Å²) in [7, 11) is 1.74. The van der Waals surface area contributed by atoms with Crippen molar-refractivity contribution in [2.24, 2.45) is 35.5 Å². The predicted octanol–water partition coefficient (Wildman–Crippen LogP) is 7.95. The van der Waals surface area contributed by atoms with Crippen molar-refractivity contribution in [2.45, 2.75) is 154 Å². The molecule has 274 valence electrons. The van der Waals surface area contributed by atoms with Crippen molar-refractivity contribution in [3.05, 3.63) is 58.7 Å². The van der Waals surface area contributed by atoms with Gasteiger partial charge in [-0.25, -0.2) is 0 Å². The summed E-state index contributed by atoms with van der Waals surface area (Å²) in [5.41, 5.74) is 5.08.